The molecule has 1 fully saturated rings. The van der Waals surface area contributed by atoms with Gasteiger partial charge in [0.05, 0.1) is 6.54 Å². The number of Topliss-reactive ketones (excluding diaryl/α,β-unsaturated/α-hetero) is 1. The van der Waals surface area contributed by atoms with Crippen molar-refractivity contribution in [3.05, 3.63) is 35.6 Å². The van der Waals surface area contributed by atoms with Crippen LogP contribution in [-0.2, 0) is 4.79 Å². The molecular formula is C13H14FNO2. The van der Waals surface area contributed by atoms with E-state index in [2.05, 4.69) is 0 Å². The molecule has 1 heterocycles. The van der Waals surface area contributed by atoms with E-state index in [4.69, 9.17) is 0 Å². The molecule has 0 atom stereocenters. The van der Waals surface area contributed by atoms with E-state index < -0.39 is 5.82 Å². The second kappa shape index (κ2) is 5.08. The predicted molar refractivity (Wildman–Crippen MR) is 61.2 cm³/mol. The minimum atomic E-state index is -0.430. The van der Waals surface area contributed by atoms with E-state index in [0.29, 0.717) is 18.5 Å². The maximum absolute atomic E-state index is 12.9. The Morgan fingerprint density at radius 1 is 1.35 bits per heavy atom. The molecule has 90 valence electrons. The Morgan fingerprint density at radius 2 is 2.18 bits per heavy atom. The lowest BCUT2D eigenvalue weighted by molar-refractivity contribution is -0.132. The van der Waals surface area contributed by atoms with E-state index in [1.807, 2.05) is 0 Å². The summed E-state index contributed by atoms with van der Waals surface area (Å²) in [6.07, 6.45) is 2.34. The van der Waals surface area contributed by atoms with Crippen LogP contribution in [0.4, 0.5) is 4.39 Å². The highest BCUT2D eigenvalue weighted by atomic mass is 19.1. The van der Waals surface area contributed by atoms with E-state index in [9.17, 15) is 14.0 Å². The number of benzene rings is 1. The van der Waals surface area contributed by atoms with Crippen molar-refractivity contribution >= 4 is 11.7 Å². The van der Waals surface area contributed by atoms with Crippen LogP contribution in [0.25, 0.3) is 0 Å². The third-order valence-electron chi connectivity index (χ3n) is 2.90. The van der Waals surface area contributed by atoms with Crippen LogP contribution in [0, 0.1) is 5.82 Å². The van der Waals surface area contributed by atoms with Gasteiger partial charge in [-0.1, -0.05) is 12.1 Å². The third kappa shape index (κ3) is 2.90. The summed E-state index contributed by atoms with van der Waals surface area (Å²) in [7, 11) is 0. The maximum atomic E-state index is 12.9. The molecule has 0 radical (unpaired) electrons. The monoisotopic (exact) mass is 235 g/mol. The Bertz CT molecular complexity index is 445. The first-order chi connectivity index (χ1) is 8.16. The fourth-order valence-corrected chi connectivity index (χ4v) is 1.96. The van der Waals surface area contributed by atoms with Gasteiger partial charge in [-0.3, -0.25) is 9.59 Å². The first-order valence-corrected chi connectivity index (χ1v) is 5.73. The number of carbonyl (C=O) groups excluding carboxylic acids is 2. The summed E-state index contributed by atoms with van der Waals surface area (Å²) in [5, 5.41) is 0. The van der Waals surface area contributed by atoms with Crippen LogP contribution in [0.1, 0.15) is 29.6 Å². The molecule has 0 N–H and O–H groups in total. The van der Waals surface area contributed by atoms with Crippen molar-refractivity contribution in [2.45, 2.75) is 19.3 Å². The van der Waals surface area contributed by atoms with Gasteiger partial charge in [-0.2, -0.15) is 0 Å². The summed E-state index contributed by atoms with van der Waals surface area (Å²) in [5.74, 6) is -0.624. The van der Waals surface area contributed by atoms with E-state index in [-0.39, 0.29) is 18.2 Å². The standard InChI is InChI=1S/C13H14FNO2/c14-11-5-3-4-10(8-11)12(16)9-15-7-2-1-6-13(15)17/h3-5,8H,1-2,6-7,9H2. The molecule has 1 aliphatic rings. The fourth-order valence-electron chi connectivity index (χ4n) is 1.96. The molecule has 1 aliphatic heterocycles. The summed E-state index contributed by atoms with van der Waals surface area (Å²) in [4.78, 5) is 24.9. The average molecular weight is 235 g/mol. The second-order valence-corrected chi connectivity index (χ2v) is 4.21. The smallest absolute Gasteiger partial charge is 0.222 e. The van der Waals surface area contributed by atoms with Gasteiger partial charge in [0, 0.05) is 18.5 Å². The molecule has 1 amide bonds. The highest BCUT2D eigenvalue weighted by Gasteiger charge is 2.21. The van der Waals surface area contributed by atoms with Crippen LogP contribution >= 0.6 is 0 Å². The lowest BCUT2D eigenvalue weighted by Crippen LogP contribution is -2.39. The third-order valence-corrected chi connectivity index (χ3v) is 2.90. The lowest BCUT2D eigenvalue weighted by Gasteiger charge is -2.25. The van der Waals surface area contributed by atoms with Crippen molar-refractivity contribution in [2.75, 3.05) is 13.1 Å². The Balaban J connectivity index is 2.03. The topological polar surface area (TPSA) is 37.4 Å². The molecule has 1 aromatic carbocycles. The van der Waals surface area contributed by atoms with Crippen molar-refractivity contribution in [3.63, 3.8) is 0 Å². The van der Waals surface area contributed by atoms with Crippen LogP contribution in [0.5, 0.6) is 0 Å². The number of likely N-dealkylation sites (tertiary alicyclic amines) is 1. The number of piperidine rings is 1. The summed E-state index contributed by atoms with van der Waals surface area (Å²) in [5.41, 5.74) is 0.323. The predicted octanol–water partition coefficient (Wildman–Crippen LogP) is 2.02. The highest BCUT2D eigenvalue weighted by molar-refractivity contribution is 5.99. The Labute approximate surface area is 99.2 Å². The van der Waals surface area contributed by atoms with Crippen molar-refractivity contribution in [1.29, 1.82) is 0 Å². The van der Waals surface area contributed by atoms with Gasteiger partial charge in [0.2, 0.25) is 5.91 Å². The Morgan fingerprint density at radius 3 is 2.88 bits per heavy atom. The van der Waals surface area contributed by atoms with Gasteiger partial charge in [0.25, 0.3) is 0 Å². The zero-order valence-corrected chi connectivity index (χ0v) is 9.49. The number of amides is 1. The molecule has 4 heteroatoms. The zero-order valence-electron chi connectivity index (χ0n) is 9.49. The Kier molecular flexibility index (Phi) is 3.52. The largest absolute Gasteiger partial charge is 0.335 e. The minimum Gasteiger partial charge on any atom is -0.335 e. The molecule has 3 nitrogen and oxygen atoms in total. The molecule has 17 heavy (non-hydrogen) atoms. The van der Waals surface area contributed by atoms with E-state index >= 15 is 0 Å². The number of nitrogens with zero attached hydrogens (tertiary/aromatic N) is 1. The van der Waals surface area contributed by atoms with Crippen molar-refractivity contribution in [1.82, 2.24) is 4.90 Å². The average Bonchev–Trinajstić information content (AvgIpc) is 2.32. The van der Waals surface area contributed by atoms with Gasteiger partial charge in [0.1, 0.15) is 5.82 Å². The molecule has 2 rings (SSSR count). The molecule has 0 saturated carbocycles. The summed E-state index contributed by atoms with van der Waals surface area (Å²) in [6, 6.07) is 5.57. The number of hydrogen-bond acceptors (Lipinski definition) is 2. The normalized spacial score (nSPS) is 16.1. The van der Waals surface area contributed by atoms with Gasteiger partial charge >= 0.3 is 0 Å². The van der Waals surface area contributed by atoms with Gasteiger partial charge in [-0.05, 0) is 25.0 Å². The number of rotatable bonds is 3. The molecule has 1 aromatic rings. The quantitative estimate of drug-likeness (QED) is 0.752. The summed E-state index contributed by atoms with van der Waals surface area (Å²) < 4.78 is 12.9. The molecule has 1 saturated heterocycles. The first kappa shape index (κ1) is 11.8. The number of halogens is 1. The van der Waals surface area contributed by atoms with Crippen LogP contribution in [0.3, 0.4) is 0 Å². The molecule has 0 spiro atoms. The van der Waals surface area contributed by atoms with Crippen molar-refractivity contribution < 1.29 is 14.0 Å². The van der Waals surface area contributed by atoms with Crippen LogP contribution in [-0.4, -0.2) is 29.7 Å². The van der Waals surface area contributed by atoms with Crippen LogP contribution in [0.15, 0.2) is 24.3 Å². The SMILES string of the molecule is O=C(CN1CCCCC1=O)c1cccc(F)c1. The van der Waals surface area contributed by atoms with Crippen molar-refractivity contribution in [2.24, 2.45) is 0 Å². The number of carbonyl (C=O) groups is 2. The van der Waals surface area contributed by atoms with E-state index in [1.54, 1.807) is 11.0 Å². The summed E-state index contributed by atoms with van der Waals surface area (Å²) in [6.45, 7) is 0.683. The lowest BCUT2D eigenvalue weighted by atomic mass is 10.1. The minimum absolute atomic E-state index is 0.0148. The molecular weight excluding hydrogens is 221 g/mol. The van der Waals surface area contributed by atoms with Gasteiger partial charge < -0.3 is 4.90 Å². The van der Waals surface area contributed by atoms with E-state index in [0.717, 1.165) is 12.8 Å². The second-order valence-electron chi connectivity index (χ2n) is 4.21. The summed E-state index contributed by atoms with van der Waals surface area (Å²) >= 11 is 0. The highest BCUT2D eigenvalue weighted by Crippen LogP contribution is 2.12. The number of ketones is 1. The van der Waals surface area contributed by atoms with Gasteiger partial charge in [-0.15, -0.1) is 0 Å². The van der Waals surface area contributed by atoms with E-state index in [1.165, 1.54) is 18.2 Å². The molecule has 0 bridgehead atoms. The molecule has 0 unspecified atom stereocenters. The zero-order chi connectivity index (χ0) is 12.3. The molecule has 0 aliphatic carbocycles. The fraction of sp³-hybridized carbons (Fsp3) is 0.385. The Hall–Kier alpha value is -1.71. The molecule has 0 aromatic heterocycles. The van der Waals surface area contributed by atoms with Gasteiger partial charge in [-0.25, -0.2) is 4.39 Å². The van der Waals surface area contributed by atoms with Gasteiger partial charge in [0.15, 0.2) is 5.78 Å². The number of hydrogen-bond donors (Lipinski definition) is 0. The first-order valence-electron chi connectivity index (χ1n) is 5.73. The van der Waals surface area contributed by atoms with Crippen molar-refractivity contribution in [3.8, 4) is 0 Å². The maximum Gasteiger partial charge on any atom is 0.222 e. The van der Waals surface area contributed by atoms with Crippen LogP contribution in [0.2, 0.25) is 0 Å². The van der Waals surface area contributed by atoms with Crippen LogP contribution < -0.4 is 0 Å².